The van der Waals surface area contributed by atoms with E-state index in [9.17, 15) is 4.79 Å². The van der Waals surface area contributed by atoms with Gasteiger partial charge in [-0.2, -0.15) is 0 Å². The minimum Gasteiger partial charge on any atom is -0.465 e. The van der Waals surface area contributed by atoms with E-state index >= 15 is 0 Å². The fourth-order valence-electron chi connectivity index (χ4n) is 3.08. The molecule has 0 aliphatic heterocycles. The smallest absolute Gasteiger partial charge is 0.319 e. The minimum atomic E-state index is -0.618. The summed E-state index contributed by atoms with van der Waals surface area (Å²) in [7, 11) is 0. The van der Waals surface area contributed by atoms with Crippen molar-refractivity contribution in [3.8, 4) is 0 Å². The van der Waals surface area contributed by atoms with Gasteiger partial charge in [-0.25, -0.2) is 0 Å². The van der Waals surface area contributed by atoms with Gasteiger partial charge in [0.1, 0.15) is 5.41 Å². The van der Waals surface area contributed by atoms with Gasteiger partial charge in [0.25, 0.3) is 0 Å². The molecule has 0 heterocycles. The average Bonchev–Trinajstić information content (AvgIpc) is 2.85. The van der Waals surface area contributed by atoms with Crippen molar-refractivity contribution in [2.75, 3.05) is 13.2 Å². The Hall–Kier alpha value is -1.35. The van der Waals surface area contributed by atoms with Gasteiger partial charge in [0, 0.05) is 6.61 Å². The Kier molecular flexibility index (Phi) is 4.59. The summed E-state index contributed by atoms with van der Waals surface area (Å²) in [5, 5.41) is 0. The number of ether oxygens (including phenoxy) is 2. The molecule has 19 heavy (non-hydrogen) atoms. The number of rotatable bonds is 5. The molecule has 1 aliphatic rings. The third kappa shape index (κ3) is 2.52. The molecule has 1 saturated carbocycles. The van der Waals surface area contributed by atoms with E-state index < -0.39 is 5.41 Å². The molecule has 1 aliphatic carbocycles. The predicted octanol–water partition coefficient (Wildman–Crippen LogP) is 3.08. The van der Waals surface area contributed by atoms with Gasteiger partial charge in [0.05, 0.1) is 12.7 Å². The van der Waals surface area contributed by atoms with Crippen LogP contribution < -0.4 is 0 Å². The highest BCUT2D eigenvalue weighted by molar-refractivity contribution is 5.84. The second-order valence-electron chi connectivity index (χ2n) is 4.89. The van der Waals surface area contributed by atoms with Crippen molar-refractivity contribution >= 4 is 5.97 Å². The van der Waals surface area contributed by atoms with Crippen molar-refractivity contribution in [2.45, 2.75) is 44.6 Å². The van der Waals surface area contributed by atoms with Crippen LogP contribution in [0.3, 0.4) is 0 Å². The number of hydrogen-bond acceptors (Lipinski definition) is 3. The molecular formula is C16H22O3. The van der Waals surface area contributed by atoms with Gasteiger partial charge in [0.2, 0.25) is 0 Å². The zero-order valence-corrected chi connectivity index (χ0v) is 11.7. The Morgan fingerprint density at radius 1 is 1.26 bits per heavy atom. The van der Waals surface area contributed by atoms with Gasteiger partial charge in [-0.3, -0.25) is 4.79 Å². The summed E-state index contributed by atoms with van der Waals surface area (Å²) >= 11 is 0. The molecule has 104 valence electrons. The first-order valence-corrected chi connectivity index (χ1v) is 7.10. The van der Waals surface area contributed by atoms with Crippen LogP contribution in [0.15, 0.2) is 30.3 Å². The van der Waals surface area contributed by atoms with Crippen LogP contribution in [0, 0.1) is 0 Å². The van der Waals surface area contributed by atoms with Crippen LogP contribution >= 0.6 is 0 Å². The maximum atomic E-state index is 12.6. The quantitative estimate of drug-likeness (QED) is 0.765. The molecular weight excluding hydrogens is 240 g/mol. The molecule has 2 rings (SSSR count). The van der Waals surface area contributed by atoms with Crippen LogP contribution in [-0.4, -0.2) is 25.3 Å². The molecule has 1 aromatic rings. The van der Waals surface area contributed by atoms with Crippen molar-refractivity contribution in [2.24, 2.45) is 0 Å². The summed E-state index contributed by atoms with van der Waals surface area (Å²) < 4.78 is 11.2. The van der Waals surface area contributed by atoms with Crippen molar-refractivity contribution in [3.05, 3.63) is 35.9 Å². The SMILES string of the molecule is CCOC(=O)C1(c2ccccc2)CCCC1OCC. The number of esters is 1. The van der Waals surface area contributed by atoms with Crippen molar-refractivity contribution < 1.29 is 14.3 Å². The summed E-state index contributed by atoms with van der Waals surface area (Å²) in [6, 6.07) is 9.92. The summed E-state index contributed by atoms with van der Waals surface area (Å²) in [5.41, 5.74) is 0.400. The standard InChI is InChI=1S/C16H22O3/c1-3-18-14-11-8-12-16(14,15(17)19-4-2)13-9-6-5-7-10-13/h5-7,9-10,14H,3-4,8,11-12H2,1-2H3. The van der Waals surface area contributed by atoms with E-state index in [0.717, 1.165) is 24.8 Å². The Morgan fingerprint density at radius 3 is 2.63 bits per heavy atom. The van der Waals surface area contributed by atoms with E-state index in [1.54, 1.807) is 0 Å². The minimum absolute atomic E-state index is 0.0704. The van der Waals surface area contributed by atoms with E-state index in [2.05, 4.69) is 0 Å². The third-order valence-corrected chi connectivity index (χ3v) is 3.88. The molecule has 2 atom stereocenters. The Morgan fingerprint density at radius 2 is 2.00 bits per heavy atom. The number of carbonyl (C=O) groups excluding carboxylic acids is 1. The van der Waals surface area contributed by atoms with Crippen LogP contribution in [0.1, 0.15) is 38.7 Å². The monoisotopic (exact) mass is 262 g/mol. The topological polar surface area (TPSA) is 35.5 Å². The molecule has 1 aromatic carbocycles. The first-order chi connectivity index (χ1) is 9.25. The van der Waals surface area contributed by atoms with E-state index in [4.69, 9.17) is 9.47 Å². The maximum Gasteiger partial charge on any atom is 0.319 e. The van der Waals surface area contributed by atoms with E-state index in [1.165, 1.54) is 0 Å². The van der Waals surface area contributed by atoms with Crippen molar-refractivity contribution in [1.82, 2.24) is 0 Å². The van der Waals surface area contributed by atoms with Crippen molar-refractivity contribution in [1.29, 1.82) is 0 Å². The lowest BCUT2D eigenvalue weighted by molar-refractivity contribution is -0.155. The molecule has 1 fully saturated rings. The maximum absolute atomic E-state index is 12.6. The zero-order chi connectivity index (χ0) is 13.7. The highest BCUT2D eigenvalue weighted by Gasteiger charge is 2.52. The van der Waals surface area contributed by atoms with E-state index in [0.29, 0.717) is 13.2 Å². The van der Waals surface area contributed by atoms with Crippen LogP contribution in [0.2, 0.25) is 0 Å². The molecule has 0 N–H and O–H groups in total. The second-order valence-corrected chi connectivity index (χ2v) is 4.89. The van der Waals surface area contributed by atoms with Gasteiger partial charge in [-0.1, -0.05) is 30.3 Å². The van der Waals surface area contributed by atoms with Crippen molar-refractivity contribution in [3.63, 3.8) is 0 Å². The predicted molar refractivity (Wildman–Crippen MR) is 74.0 cm³/mol. The molecule has 0 bridgehead atoms. The second kappa shape index (κ2) is 6.20. The van der Waals surface area contributed by atoms with Crippen LogP contribution in [0.4, 0.5) is 0 Å². The highest BCUT2D eigenvalue weighted by Crippen LogP contribution is 2.44. The lowest BCUT2D eigenvalue weighted by atomic mass is 9.77. The van der Waals surface area contributed by atoms with Gasteiger partial charge in [0.15, 0.2) is 0 Å². The molecule has 0 amide bonds. The zero-order valence-electron chi connectivity index (χ0n) is 11.7. The van der Waals surface area contributed by atoms with Gasteiger partial charge < -0.3 is 9.47 Å². The Balaban J connectivity index is 2.41. The largest absolute Gasteiger partial charge is 0.465 e. The fourth-order valence-corrected chi connectivity index (χ4v) is 3.08. The number of benzene rings is 1. The summed E-state index contributed by atoms with van der Waals surface area (Å²) in [4.78, 5) is 12.6. The summed E-state index contributed by atoms with van der Waals surface area (Å²) in [6.07, 6.45) is 2.65. The van der Waals surface area contributed by atoms with Crippen LogP contribution in [0.5, 0.6) is 0 Å². The molecule has 0 spiro atoms. The molecule has 0 saturated heterocycles. The van der Waals surface area contributed by atoms with Crippen LogP contribution in [-0.2, 0) is 19.7 Å². The van der Waals surface area contributed by atoms with E-state index in [1.807, 2.05) is 44.2 Å². The number of hydrogen-bond donors (Lipinski definition) is 0. The van der Waals surface area contributed by atoms with Gasteiger partial charge in [-0.15, -0.1) is 0 Å². The summed E-state index contributed by atoms with van der Waals surface area (Å²) in [6.45, 7) is 4.85. The fraction of sp³-hybridized carbons (Fsp3) is 0.562. The first-order valence-electron chi connectivity index (χ1n) is 7.10. The van der Waals surface area contributed by atoms with Gasteiger partial charge >= 0.3 is 5.97 Å². The van der Waals surface area contributed by atoms with Crippen LogP contribution in [0.25, 0.3) is 0 Å². The Labute approximate surface area is 114 Å². The molecule has 3 nitrogen and oxygen atoms in total. The normalized spacial score (nSPS) is 26.3. The van der Waals surface area contributed by atoms with E-state index in [-0.39, 0.29) is 12.1 Å². The van der Waals surface area contributed by atoms with Gasteiger partial charge in [-0.05, 0) is 38.7 Å². The molecule has 3 heteroatoms. The third-order valence-electron chi connectivity index (χ3n) is 3.88. The molecule has 2 unspecified atom stereocenters. The lowest BCUT2D eigenvalue weighted by Crippen LogP contribution is -2.45. The highest BCUT2D eigenvalue weighted by atomic mass is 16.5. The Bertz CT molecular complexity index is 415. The first kappa shape index (κ1) is 14.1. The molecule has 0 radical (unpaired) electrons. The average molecular weight is 262 g/mol. The number of carbonyl (C=O) groups is 1. The lowest BCUT2D eigenvalue weighted by Gasteiger charge is -2.33. The summed E-state index contributed by atoms with van der Waals surface area (Å²) in [5.74, 6) is -0.142. The molecule has 0 aromatic heterocycles.